The summed E-state index contributed by atoms with van der Waals surface area (Å²) in [5.74, 6) is -1.49. The summed E-state index contributed by atoms with van der Waals surface area (Å²) < 4.78 is 12.1. The Morgan fingerprint density at radius 1 is 1.22 bits per heavy atom. The number of imidazole rings is 1. The molecule has 0 saturated heterocycles. The highest BCUT2D eigenvalue weighted by molar-refractivity contribution is 7.18. The number of aromatic nitrogens is 2. The SMILES string of the molecule is CCOC(=O)c1c(NC(=O)c2c(C)nc3cc(Cl)ccn23)sc(C(=O)OCC(C)C)c1C. The molecule has 0 atom stereocenters. The molecule has 0 fully saturated rings. The number of aryl methyl sites for hydroxylation is 1. The molecule has 8 nitrogen and oxygen atoms in total. The van der Waals surface area contributed by atoms with Crippen molar-refractivity contribution in [1.29, 1.82) is 0 Å². The Bertz CT molecular complexity index is 1200. The number of ether oxygens (including phenoxy) is 2. The average molecular weight is 478 g/mol. The maximum Gasteiger partial charge on any atom is 0.348 e. The predicted molar refractivity (Wildman–Crippen MR) is 123 cm³/mol. The largest absolute Gasteiger partial charge is 0.462 e. The number of rotatable bonds is 7. The van der Waals surface area contributed by atoms with Crippen LogP contribution in [0.1, 0.15) is 62.5 Å². The molecule has 0 saturated carbocycles. The zero-order chi connectivity index (χ0) is 23.6. The van der Waals surface area contributed by atoms with Gasteiger partial charge in [-0.2, -0.15) is 0 Å². The van der Waals surface area contributed by atoms with Crippen LogP contribution in [0.2, 0.25) is 5.02 Å². The van der Waals surface area contributed by atoms with E-state index in [1.807, 2.05) is 13.8 Å². The van der Waals surface area contributed by atoms with Gasteiger partial charge in [-0.3, -0.25) is 9.20 Å². The van der Waals surface area contributed by atoms with Crippen molar-refractivity contribution in [3.8, 4) is 0 Å². The molecule has 3 rings (SSSR count). The van der Waals surface area contributed by atoms with Gasteiger partial charge in [-0.1, -0.05) is 25.4 Å². The van der Waals surface area contributed by atoms with Gasteiger partial charge in [-0.15, -0.1) is 11.3 Å². The highest BCUT2D eigenvalue weighted by Crippen LogP contribution is 2.35. The normalized spacial score (nSPS) is 11.1. The lowest BCUT2D eigenvalue weighted by Crippen LogP contribution is -2.17. The molecule has 1 amide bonds. The van der Waals surface area contributed by atoms with Crippen LogP contribution < -0.4 is 5.32 Å². The molecule has 0 aliphatic rings. The summed E-state index contributed by atoms with van der Waals surface area (Å²) in [6.07, 6.45) is 1.65. The van der Waals surface area contributed by atoms with E-state index < -0.39 is 17.8 Å². The highest BCUT2D eigenvalue weighted by atomic mass is 35.5. The zero-order valence-electron chi connectivity index (χ0n) is 18.4. The molecule has 0 unspecified atom stereocenters. The lowest BCUT2D eigenvalue weighted by Gasteiger charge is -2.08. The minimum Gasteiger partial charge on any atom is -0.462 e. The lowest BCUT2D eigenvalue weighted by molar-refractivity contribution is 0.0464. The molecule has 32 heavy (non-hydrogen) atoms. The van der Waals surface area contributed by atoms with Crippen molar-refractivity contribution in [2.24, 2.45) is 5.92 Å². The van der Waals surface area contributed by atoms with Crippen molar-refractivity contribution in [2.75, 3.05) is 18.5 Å². The fourth-order valence-corrected chi connectivity index (χ4v) is 4.36. The van der Waals surface area contributed by atoms with Gasteiger partial charge in [0.05, 0.1) is 24.5 Å². The summed E-state index contributed by atoms with van der Waals surface area (Å²) in [4.78, 5) is 43.0. The van der Waals surface area contributed by atoms with Gasteiger partial charge >= 0.3 is 11.9 Å². The first-order valence-electron chi connectivity index (χ1n) is 10.1. The number of carbonyl (C=O) groups excluding carboxylic acids is 3. The molecule has 0 aromatic carbocycles. The number of halogens is 1. The molecule has 170 valence electrons. The second-order valence-electron chi connectivity index (χ2n) is 7.55. The minimum atomic E-state index is -0.624. The molecule has 0 radical (unpaired) electrons. The molecule has 0 aliphatic carbocycles. The fraction of sp³-hybridized carbons (Fsp3) is 0.364. The topological polar surface area (TPSA) is 99.0 Å². The van der Waals surface area contributed by atoms with Gasteiger partial charge in [0.1, 0.15) is 21.2 Å². The number of esters is 2. The van der Waals surface area contributed by atoms with E-state index >= 15 is 0 Å². The molecular formula is C22H24ClN3O5S. The van der Waals surface area contributed by atoms with Crippen LogP contribution in [0.25, 0.3) is 5.65 Å². The first kappa shape index (κ1) is 23.7. The third-order valence-corrected chi connectivity index (χ3v) is 5.99. The van der Waals surface area contributed by atoms with Crippen LogP contribution >= 0.6 is 22.9 Å². The Hall–Kier alpha value is -2.91. The molecule has 3 aromatic rings. The number of pyridine rings is 1. The van der Waals surface area contributed by atoms with Crippen LogP contribution in [0.5, 0.6) is 0 Å². The number of nitrogens with zero attached hydrogens (tertiary/aromatic N) is 2. The average Bonchev–Trinajstić information content (AvgIpc) is 3.21. The monoisotopic (exact) mass is 477 g/mol. The van der Waals surface area contributed by atoms with E-state index in [9.17, 15) is 14.4 Å². The Labute approximate surface area is 194 Å². The minimum absolute atomic E-state index is 0.135. The third-order valence-electron chi connectivity index (χ3n) is 4.56. The van der Waals surface area contributed by atoms with Gasteiger partial charge in [0.25, 0.3) is 5.91 Å². The number of hydrogen-bond acceptors (Lipinski definition) is 7. The quantitative estimate of drug-likeness (QED) is 0.485. The molecule has 0 spiro atoms. The van der Waals surface area contributed by atoms with E-state index in [-0.39, 0.29) is 34.6 Å². The third kappa shape index (κ3) is 4.78. The number of carbonyl (C=O) groups is 3. The molecule has 1 N–H and O–H groups in total. The van der Waals surface area contributed by atoms with Crippen molar-refractivity contribution < 1.29 is 23.9 Å². The van der Waals surface area contributed by atoms with Crippen LogP contribution in [-0.2, 0) is 9.47 Å². The van der Waals surface area contributed by atoms with Crippen molar-refractivity contribution in [1.82, 2.24) is 9.38 Å². The first-order valence-corrected chi connectivity index (χ1v) is 11.3. The van der Waals surface area contributed by atoms with Gasteiger partial charge in [0, 0.05) is 17.3 Å². The maximum atomic E-state index is 13.2. The highest BCUT2D eigenvalue weighted by Gasteiger charge is 2.28. The Kier molecular flexibility index (Phi) is 7.20. The summed E-state index contributed by atoms with van der Waals surface area (Å²) in [5, 5.41) is 3.47. The van der Waals surface area contributed by atoms with Crippen LogP contribution in [0.3, 0.4) is 0 Å². The van der Waals surface area contributed by atoms with Crippen molar-refractivity contribution in [3.05, 3.63) is 50.7 Å². The molecule has 3 heterocycles. The van der Waals surface area contributed by atoms with E-state index in [0.29, 0.717) is 27.6 Å². The van der Waals surface area contributed by atoms with Crippen LogP contribution in [0.4, 0.5) is 5.00 Å². The van der Waals surface area contributed by atoms with Crippen LogP contribution in [0.15, 0.2) is 18.3 Å². The lowest BCUT2D eigenvalue weighted by atomic mass is 10.1. The first-order chi connectivity index (χ1) is 15.1. The molecular weight excluding hydrogens is 454 g/mol. The molecule has 0 aliphatic heterocycles. The summed E-state index contributed by atoms with van der Waals surface area (Å²) >= 11 is 7.00. The van der Waals surface area contributed by atoms with Crippen molar-refractivity contribution >= 4 is 51.4 Å². The Morgan fingerprint density at radius 3 is 2.59 bits per heavy atom. The van der Waals surface area contributed by atoms with E-state index in [1.54, 1.807) is 43.5 Å². The second kappa shape index (κ2) is 9.70. The number of amides is 1. The number of hydrogen-bond donors (Lipinski definition) is 1. The summed E-state index contributed by atoms with van der Waals surface area (Å²) in [7, 11) is 0. The fourth-order valence-electron chi connectivity index (χ4n) is 3.13. The molecule has 10 heteroatoms. The zero-order valence-corrected chi connectivity index (χ0v) is 20.0. The molecule has 0 bridgehead atoms. The van der Waals surface area contributed by atoms with E-state index in [1.165, 1.54) is 0 Å². The number of anilines is 1. The van der Waals surface area contributed by atoms with E-state index in [4.69, 9.17) is 21.1 Å². The number of thiophene rings is 1. The van der Waals surface area contributed by atoms with Gasteiger partial charge in [-0.25, -0.2) is 14.6 Å². The van der Waals surface area contributed by atoms with Gasteiger partial charge < -0.3 is 14.8 Å². The number of nitrogens with one attached hydrogen (secondary N) is 1. The van der Waals surface area contributed by atoms with E-state index in [2.05, 4.69) is 10.3 Å². The standard InChI is InChI=1S/C22H24ClN3O5S/c1-6-30-21(28)16-12(4)18(22(29)31-10-11(2)3)32-20(16)25-19(27)17-13(5)24-15-9-14(23)7-8-26(15)17/h7-9,11H,6,10H2,1-5H3,(H,25,27). The van der Waals surface area contributed by atoms with Gasteiger partial charge in [-0.05, 0) is 38.3 Å². The van der Waals surface area contributed by atoms with Crippen LogP contribution in [0, 0.1) is 19.8 Å². The smallest absolute Gasteiger partial charge is 0.348 e. The predicted octanol–water partition coefficient (Wildman–Crippen LogP) is 4.91. The Morgan fingerprint density at radius 2 is 1.94 bits per heavy atom. The second-order valence-corrected chi connectivity index (χ2v) is 9.00. The van der Waals surface area contributed by atoms with Gasteiger partial charge in [0.2, 0.25) is 0 Å². The van der Waals surface area contributed by atoms with Gasteiger partial charge in [0.15, 0.2) is 0 Å². The van der Waals surface area contributed by atoms with Crippen LogP contribution in [-0.4, -0.2) is 40.4 Å². The summed E-state index contributed by atoms with van der Waals surface area (Å²) in [5.41, 5.74) is 1.84. The number of fused-ring (bicyclic) bond motifs is 1. The summed E-state index contributed by atoms with van der Waals surface area (Å²) in [6, 6.07) is 3.29. The molecule has 3 aromatic heterocycles. The van der Waals surface area contributed by atoms with E-state index in [0.717, 1.165) is 11.3 Å². The Balaban J connectivity index is 2.00. The van der Waals surface area contributed by atoms with Crippen molar-refractivity contribution in [3.63, 3.8) is 0 Å². The summed E-state index contributed by atoms with van der Waals surface area (Å²) in [6.45, 7) is 9.27. The van der Waals surface area contributed by atoms with Crippen molar-refractivity contribution in [2.45, 2.75) is 34.6 Å². The maximum absolute atomic E-state index is 13.2.